The van der Waals surface area contributed by atoms with Crippen molar-refractivity contribution >= 4 is 44.9 Å². The summed E-state index contributed by atoms with van der Waals surface area (Å²) in [6.07, 6.45) is 2.78. The van der Waals surface area contributed by atoms with Crippen LogP contribution >= 0.6 is 0 Å². The minimum absolute atomic E-state index is 0.105. The molecule has 0 saturated heterocycles. The molecular weight excluding hydrogens is 472 g/mol. The van der Waals surface area contributed by atoms with Gasteiger partial charge in [-0.2, -0.15) is 0 Å². The largest absolute Gasteiger partial charge is 0.456 e. The highest BCUT2D eigenvalue weighted by Gasteiger charge is 2.22. The van der Waals surface area contributed by atoms with Gasteiger partial charge in [0.1, 0.15) is 11.2 Å². The average Bonchev–Trinajstić information content (AvgIpc) is 3.58. The van der Waals surface area contributed by atoms with E-state index in [0.717, 1.165) is 0 Å². The molecule has 1 aromatic heterocycles. The third-order valence-electron chi connectivity index (χ3n) is 6.53. The van der Waals surface area contributed by atoms with Gasteiger partial charge in [0.2, 0.25) is 0 Å². The predicted octanol–water partition coefficient (Wildman–Crippen LogP) is 11.0. The molecule has 1 heteroatoms. The fraction of sp³-hybridized carbons (Fsp3) is 0. The van der Waals surface area contributed by atoms with Crippen molar-refractivity contribution < 1.29 is 26.3 Å². The van der Waals surface area contributed by atoms with Crippen LogP contribution in [0.2, 0.25) is 0 Å². The van der Waals surface area contributed by atoms with Crippen LogP contribution in [0.1, 0.15) is 33.1 Å². The van der Waals surface area contributed by atoms with Gasteiger partial charge in [0.25, 0.3) is 0 Å². The van der Waals surface area contributed by atoms with Crippen molar-refractivity contribution in [2.75, 3.05) is 0 Å². The maximum atomic E-state index is 9.83. The van der Waals surface area contributed by atoms with Gasteiger partial charge in [0.05, 0.1) is 21.9 Å². The smallest absolute Gasteiger partial charge is 0.136 e. The number of fused-ring (bicyclic) bond motifs is 4. The van der Waals surface area contributed by atoms with Gasteiger partial charge >= 0.3 is 0 Å². The molecule has 0 fully saturated rings. The van der Waals surface area contributed by atoms with Crippen LogP contribution in [0.25, 0.3) is 78.2 Å². The molecule has 0 N–H and O–H groups in total. The predicted molar refractivity (Wildman–Crippen MR) is 168 cm³/mol. The van der Waals surface area contributed by atoms with E-state index in [1.54, 1.807) is 24.3 Å². The van der Waals surface area contributed by atoms with E-state index in [2.05, 4.69) is 13.2 Å². The summed E-state index contributed by atoms with van der Waals surface area (Å²) in [5, 5.41) is 0.337. The summed E-state index contributed by atoms with van der Waals surface area (Å²) in [6.45, 7) is 8.00. The molecule has 0 unspecified atom stereocenters. The minimum Gasteiger partial charge on any atom is -0.456 e. The van der Waals surface area contributed by atoms with Crippen molar-refractivity contribution in [2.45, 2.75) is 0 Å². The Kier molecular flexibility index (Phi) is 2.80. The second-order valence-electron chi connectivity index (χ2n) is 8.54. The third-order valence-corrected chi connectivity index (χ3v) is 6.53. The zero-order chi connectivity index (χ0) is 40.3. The third kappa shape index (κ3) is 3.63. The number of benzene rings is 6. The summed E-state index contributed by atoms with van der Waals surface area (Å²) in [7, 11) is 0. The van der Waals surface area contributed by atoms with Crippen LogP contribution in [-0.2, 0) is 0 Å². The lowest BCUT2D eigenvalue weighted by molar-refractivity contribution is 0.669. The van der Waals surface area contributed by atoms with Gasteiger partial charge in [-0.05, 0) is 73.4 Å². The molecule has 0 saturated carbocycles. The van der Waals surface area contributed by atoms with E-state index < -0.39 is 108 Å². The highest BCUT2D eigenvalue weighted by molar-refractivity contribution is 6.20. The molecule has 1 heterocycles. The number of furan rings is 1. The lowest BCUT2D eigenvalue weighted by atomic mass is 9.82. The van der Waals surface area contributed by atoms with E-state index in [1.807, 2.05) is 0 Å². The first-order chi connectivity index (χ1) is 25.9. The fourth-order valence-electron chi connectivity index (χ4n) is 4.98. The van der Waals surface area contributed by atoms with E-state index in [4.69, 9.17) is 23.6 Å². The number of hydrogen-bond donors (Lipinski definition) is 0. The first kappa shape index (κ1) is 11.7. The van der Waals surface area contributed by atoms with Gasteiger partial charge in [-0.3, -0.25) is 0 Å². The molecule has 0 spiro atoms. The Morgan fingerprint density at radius 2 is 1.15 bits per heavy atom. The van der Waals surface area contributed by atoms with Gasteiger partial charge in [-0.1, -0.05) is 128 Å². The zero-order valence-corrected chi connectivity index (χ0v) is 20.3. The van der Waals surface area contributed by atoms with Crippen LogP contribution in [-0.4, -0.2) is 0 Å². The van der Waals surface area contributed by atoms with Crippen molar-refractivity contribution in [2.24, 2.45) is 0 Å². The van der Waals surface area contributed by atoms with Gasteiger partial charge in [0.15, 0.2) is 0 Å². The number of rotatable bonds is 5. The van der Waals surface area contributed by atoms with Crippen LogP contribution in [0.4, 0.5) is 0 Å². The Bertz CT molecular complexity index is 2870. The van der Waals surface area contributed by atoms with E-state index in [1.165, 1.54) is 12.2 Å². The van der Waals surface area contributed by atoms with Gasteiger partial charge < -0.3 is 4.42 Å². The molecule has 39 heavy (non-hydrogen) atoms. The lowest BCUT2D eigenvalue weighted by Crippen LogP contribution is -1.96. The van der Waals surface area contributed by atoms with Crippen molar-refractivity contribution in [1.82, 2.24) is 0 Å². The molecule has 1 nitrogen and oxygen atoms in total. The Hall–Kier alpha value is -5.14. The van der Waals surface area contributed by atoms with Crippen LogP contribution < -0.4 is 0 Å². The topological polar surface area (TPSA) is 13.1 Å². The van der Waals surface area contributed by atoms with Gasteiger partial charge in [-0.25, -0.2) is 0 Å². The SMILES string of the molecule is [2H]c1c([2H])c([2H])c(-c2c([2H])c(-c3c(C=C)c(C=C)c(-c4c([2H])c([2H])c([2H])c([2H])c4[2H])c4ccccc34)c3c(oc4c([2H])c([2H])c([2H])c([2H])c43)c2[2H])c([2H])c1[2H]. The van der Waals surface area contributed by atoms with Crippen molar-refractivity contribution in [3.05, 3.63) is 145 Å². The summed E-state index contributed by atoms with van der Waals surface area (Å²) in [6, 6.07) is -3.33. The van der Waals surface area contributed by atoms with E-state index in [-0.39, 0.29) is 55.3 Å². The van der Waals surface area contributed by atoms with Gasteiger partial charge in [-0.15, -0.1) is 0 Å². The molecule has 0 aliphatic heterocycles. The van der Waals surface area contributed by atoms with Crippen molar-refractivity contribution in [3.8, 4) is 33.4 Å². The van der Waals surface area contributed by atoms with E-state index in [9.17, 15) is 2.74 Å². The summed E-state index contributed by atoms with van der Waals surface area (Å²) in [4.78, 5) is 0. The van der Waals surface area contributed by atoms with E-state index >= 15 is 0 Å². The summed E-state index contributed by atoms with van der Waals surface area (Å²) in [5.74, 6) is 0. The quantitative estimate of drug-likeness (QED) is 0.223. The van der Waals surface area contributed by atoms with Crippen LogP contribution in [0.3, 0.4) is 0 Å². The second-order valence-corrected chi connectivity index (χ2v) is 8.54. The molecule has 0 bridgehead atoms. The zero-order valence-electron chi connectivity index (χ0n) is 36.3. The summed E-state index contributed by atoms with van der Waals surface area (Å²) < 4.78 is 145. The first-order valence-corrected chi connectivity index (χ1v) is 11.9. The molecule has 0 aliphatic carbocycles. The fourth-order valence-corrected chi connectivity index (χ4v) is 4.98. The molecule has 0 radical (unpaired) electrons. The maximum absolute atomic E-state index is 9.83. The standard InChI is InChI=1S/C38H26O/c1-3-28-29(4-2)37(31-20-12-11-19-30(31)36(28)26-17-9-6-10-18-26)33-23-27(25-15-7-5-8-16-25)24-35-38(33)32-21-13-14-22-34(32)39-35/h3-24H,1-2H2/i5D,6D,7D,8D,9D,10D,13D,14D,15D,16D,17D,18D,21D,22D,23D,24D. The normalized spacial score (nSPS) is 17.0. The molecule has 7 rings (SSSR count). The van der Waals surface area contributed by atoms with Crippen LogP contribution in [0.15, 0.2) is 139 Å². The molecule has 6 aromatic carbocycles. The first-order valence-electron chi connectivity index (χ1n) is 19.9. The second kappa shape index (κ2) is 9.31. The minimum atomic E-state index is -0.727. The van der Waals surface area contributed by atoms with Gasteiger partial charge in [0, 0.05) is 10.8 Å². The molecule has 0 atom stereocenters. The molecule has 0 amide bonds. The Balaban J connectivity index is 1.83. The molecular formula is C38H26O. The monoisotopic (exact) mass is 514 g/mol. The van der Waals surface area contributed by atoms with Crippen molar-refractivity contribution in [3.63, 3.8) is 0 Å². The summed E-state index contributed by atoms with van der Waals surface area (Å²) in [5.41, 5.74) is -1.14. The Morgan fingerprint density at radius 3 is 1.85 bits per heavy atom. The molecule has 7 aromatic rings. The number of hydrogen-bond acceptors (Lipinski definition) is 1. The highest BCUT2D eigenvalue weighted by atomic mass is 16.3. The average molecular weight is 515 g/mol. The Labute approximate surface area is 250 Å². The van der Waals surface area contributed by atoms with E-state index in [0.29, 0.717) is 10.8 Å². The Morgan fingerprint density at radius 1 is 0.564 bits per heavy atom. The molecule has 184 valence electrons. The number of para-hydroxylation sites is 1. The van der Waals surface area contributed by atoms with Crippen LogP contribution in [0, 0.1) is 0 Å². The molecule has 0 aliphatic rings. The van der Waals surface area contributed by atoms with Crippen molar-refractivity contribution in [1.29, 1.82) is 0 Å². The lowest BCUT2D eigenvalue weighted by Gasteiger charge is -2.21. The highest BCUT2D eigenvalue weighted by Crippen LogP contribution is 2.47. The summed E-state index contributed by atoms with van der Waals surface area (Å²) >= 11 is 0. The van der Waals surface area contributed by atoms with Crippen LogP contribution in [0.5, 0.6) is 0 Å². The maximum Gasteiger partial charge on any atom is 0.136 e.